The second-order valence-corrected chi connectivity index (χ2v) is 8.77. The molecule has 0 saturated heterocycles. The molecule has 34 heavy (non-hydrogen) atoms. The van der Waals surface area contributed by atoms with Crippen molar-refractivity contribution in [2.45, 2.75) is 26.9 Å². The van der Waals surface area contributed by atoms with Crippen LogP contribution in [0.2, 0.25) is 0 Å². The molecule has 0 spiro atoms. The summed E-state index contributed by atoms with van der Waals surface area (Å²) in [6, 6.07) is 12.4. The minimum atomic E-state index is -0.579. The highest BCUT2D eigenvalue weighted by Crippen LogP contribution is 2.25. The highest BCUT2D eigenvalue weighted by Gasteiger charge is 2.16. The van der Waals surface area contributed by atoms with E-state index in [4.69, 9.17) is 4.74 Å². The number of thiophene rings is 1. The van der Waals surface area contributed by atoms with Crippen LogP contribution in [0.25, 0.3) is 10.2 Å². The van der Waals surface area contributed by atoms with E-state index in [1.807, 2.05) is 13.8 Å². The third-order valence-corrected chi connectivity index (χ3v) is 6.27. The quantitative estimate of drug-likeness (QED) is 0.367. The van der Waals surface area contributed by atoms with Crippen molar-refractivity contribution in [3.63, 3.8) is 0 Å². The first kappa shape index (κ1) is 23.1. The van der Waals surface area contributed by atoms with Gasteiger partial charge in [-0.2, -0.15) is 0 Å². The summed E-state index contributed by atoms with van der Waals surface area (Å²) in [5.41, 5.74) is 6.19. The summed E-state index contributed by atoms with van der Waals surface area (Å²) in [6.45, 7) is 3.90. The summed E-state index contributed by atoms with van der Waals surface area (Å²) in [6.07, 6.45) is -0.218. The number of nitrogens with zero attached hydrogens (tertiary/aromatic N) is 1. The fourth-order valence-electron chi connectivity index (χ4n) is 3.29. The van der Waals surface area contributed by atoms with E-state index in [1.165, 1.54) is 23.5 Å². The molecule has 4 aromatic rings. The average molecular weight is 481 g/mol. The van der Waals surface area contributed by atoms with Crippen molar-refractivity contribution in [1.29, 1.82) is 0 Å². The van der Waals surface area contributed by atoms with E-state index < -0.39 is 11.8 Å². The molecule has 2 aromatic carbocycles. The van der Waals surface area contributed by atoms with Gasteiger partial charge in [0, 0.05) is 4.88 Å². The molecule has 2 amide bonds. The van der Waals surface area contributed by atoms with Crippen LogP contribution in [-0.2, 0) is 17.8 Å². The molecule has 0 saturated carbocycles. The smallest absolute Gasteiger partial charge is 0.273 e. The monoisotopic (exact) mass is 480 g/mol. The van der Waals surface area contributed by atoms with E-state index in [2.05, 4.69) is 20.8 Å². The van der Waals surface area contributed by atoms with Gasteiger partial charge in [-0.3, -0.25) is 25.2 Å². The molecule has 0 unspecified atom stereocenters. The maximum atomic E-state index is 13.1. The van der Waals surface area contributed by atoms with Gasteiger partial charge in [-0.05, 0) is 49.2 Å². The molecular formula is C24H21FN4O4S. The second kappa shape index (κ2) is 9.84. The van der Waals surface area contributed by atoms with E-state index in [9.17, 15) is 18.8 Å². The summed E-state index contributed by atoms with van der Waals surface area (Å²) in [4.78, 5) is 45.9. The zero-order chi connectivity index (χ0) is 24.2. The van der Waals surface area contributed by atoms with E-state index in [0.717, 1.165) is 16.0 Å². The number of rotatable bonds is 6. The Kier molecular flexibility index (Phi) is 6.69. The SMILES string of the molecule is Cc1sc2nc(CC(=O)NNC(=O)c3ccccc3OCc3ccc(F)cc3)[nH]c(=O)c2c1C. The molecule has 3 N–H and O–H groups in total. The van der Waals surface area contributed by atoms with Crippen LogP contribution in [0.1, 0.15) is 32.2 Å². The van der Waals surface area contributed by atoms with Crippen LogP contribution < -0.4 is 21.1 Å². The number of halogens is 1. The molecule has 2 heterocycles. The molecule has 0 aliphatic heterocycles. The van der Waals surface area contributed by atoms with Gasteiger partial charge in [0.25, 0.3) is 11.5 Å². The number of aryl methyl sites for hydroxylation is 2. The topological polar surface area (TPSA) is 113 Å². The fraction of sp³-hybridized carbons (Fsp3) is 0.167. The first-order valence-electron chi connectivity index (χ1n) is 10.4. The molecule has 0 bridgehead atoms. The number of aromatic amines is 1. The van der Waals surface area contributed by atoms with Crippen molar-refractivity contribution in [2.24, 2.45) is 0 Å². The maximum Gasteiger partial charge on any atom is 0.273 e. The number of aromatic nitrogens is 2. The van der Waals surface area contributed by atoms with Gasteiger partial charge in [-0.25, -0.2) is 9.37 Å². The van der Waals surface area contributed by atoms with Crippen LogP contribution in [0, 0.1) is 19.7 Å². The predicted molar refractivity (Wildman–Crippen MR) is 126 cm³/mol. The highest BCUT2D eigenvalue weighted by molar-refractivity contribution is 7.18. The van der Waals surface area contributed by atoms with Gasteiger partial charge in [0.15, 0.2) is 0 Å². The van der Waals surface area contributed by atoms with Crippen molar-refractivity contribution < 1.29 is 18.7 Å². The number of hydrazine groups is 1. The lowest BCUT2D eigenvalue weighted by atomic mass is 10.2. The minimum absolute atomic E-state index is 0.139. The number of nitrogens with one attached hydrogen (secondary N) is 3. The number of carbonyl (C=O) groups excluding carboxylic acids is 2. The first-order valence-corrected chi connectivity index (χ1v) is 11.2. The number of hydrogen-bond acceptors (Lipinski definition) is 6. The normalized spacial score (nSPS) is 10.8. The zero-order valence-corrected chi connectivity index (χ0v) is 19.2. The van der Waals surface area contributed by atoms with Crippen LogP contribution in [0.3, 0.4) is 0 Å². The number of benzene rings is 2. The molecule has 0 aliphatic carbocycles. The second-order valence-electron chi connectivity index (χ2n) is 7.57. The van der Waals surface area contributed by atoms with E-state index in [-0.39, 0.29) is 35.8 Å². The Bertz CT molecular complexity index is 1430. The number of ether oxygens (including phenoxy) is 1. The summed E-state index contributed by atoms with van der Waals surface area (Å²) in [7, 11) is 0. The number of amides is 2. The summed E-state index contributed by atoms with van der Waals surface area (Å²) >= 11 is 1.39. The zero-order valence-electron chi connectivity index (χ0n) is 18.4. The number of carbonyl (C=O) groups is 2. The lowest BCUT2D eigenvalue weighted by Gasteiger charge is -2.12. The molecule has 174 valence electrons. The maximum absolute atomic E-state index is 13.1. The number of para-hydroxylation sites is 1. The van der Waals surface area contributed by atoms with E-state index in [1.54, 1.807) is 36.4 Å². The first-order chi connectivity index (χ1) is 16.3. The third kappa shape index (κ3) is 5.12. The fourth-order valence-corrected chi connectivity index (χ4v) is 4.34. The van der Waals surface area contributed by atoms with Gasteiger partial charge in [-0.15, -0.1) is 11.3 Å². The Hall–Kier alpha value is -4.05. The van der Waals surface area contributed by atoms with Crippen LogP contribution in [-0.4, -0.2) is 21.8 Å². The standard InChI is InChI=1S/C24H21FN4O4S/c1-13-14(2)34-24-21(13)23(32)26-19(27-24)11-20(30)28-29-22(31)17-5-3-4-6-18(17)33-12-15-7-9-16(25)10-8-15/h3-10H,11-12H2,1-2H3,(H,28,30)(H,29,31)(H,26,27,32). The summed E-state index contributed by atoms with van der Waals surface area (Å²) in [5.74, 6) is -0.971. The predicted octanol–water partition coefficient (Wildman–Crippen LogP) is 3.32. The Morgan fingerprint density at radius 3 is 2.59 bits per heavy atom. The molecule has 0 fully saturated rings. The largest absolute Gasteiger partial charge is 0.488 e. The Balaban J connectivity index is 1.38. The molecular weight excluding hydrogens is 459 g/mol. The lowest BCUT2D eigenvalue weighted by molar-refractivity contribution is -0.121. The van der Waals surface area contributed by atoms with Crippen LogP contribution >= 0.6 is 11.3 Å². The average Bonchev–Trinajstić information content (AvgIpc) is 3.10. The highest BCUT2D eigenvalue weighted by atomic mass is 32.1. The summed E-state index contributed by atoms with van der Waals surface area (Å²) in [5, 5.41) is 0.525. The van der Waals surface area contributed by atoms with Gasteiger partial charge >= 0.3 is 0 Å². The van der Waals surface area contributed by atoms with Crippen molar-refractivity contribution in [3.8, 4) is 5.75 Å². The van der Waals surface area contributed by atoms with Gasteiger partial charge in [0.2, 0.25) is 5.91 Å². The molecule has 4 rings (SSSR count). The molecule has 10 heteroatoms. The van der Waals surface area contributed by atoms with Crippen molar-refractivity contribution >= 4 is 33.4 Å². The Morgan fingerprint density at radius 2 is 1.82 bits per heavy atom. The lowest BCUT2D eigenvalue weighted by Crippen LogP contribution is -2.42. The van der Waals surface area contributed by atoms with E-state index >= 15 is 0 Å². The van der Waals surface area contributed by atoms with Gasteiger partial charge in [0.05, 0.1) is 17.4 Å². The van der Waals surface area contributed by atoms with Crippen LogP contribution in [0.15, 0.2) is 53.3 Å². The Labute approximate surface area is 197 Å². The van der Waals surface area contributed by atoms with E-state index in [0.29, 0.717) is 16.0 Å². The van der Waals surface area contributed by atoms with Gasteiger partial charge in [-0.1, -0.05) is 24.3 Å². The Morgan fingerprint density at radius 1 is 1.09 bits per heavy atom. The van der Waals surface area contributed by atoms with Gasteiger partial charge < -0.3 is 9.72 Å². The molecule has 2 aromatic heterocycles. The molecule has 8 nitrogen and oxygen atoms in total. The molecule has 0 aliphatic rings. The molecule has 0 atom stereocenters. The number of hydrogen-bond donors (Lipinski definition) is 3. The van der Waals surface area contributed by atoms with Crippen molar-refractivity contribution in [1.82, 2.24) is 20.8 Å². The summed E-state index contributed by atoms with van der Waals surface area (Å²) < 4.78 is 18.8. The molecule has 0 radical (unpaired) electrons. The number of H-pyrrole nitrogens is 1. The third-order valence-electron chi connectivity index (χ3n) is 5.17. The minimum Gasteiger partial charge on any atom is -0.488 e. The number of fused-ring (bicyclic) bond motifs is 1. The van der Waals surface area contributed by atoms with Crippen LogP contribution in [0.4, 0.5) is 4.39 Å². The van der Waals surface area contributed by atoms with Crippen molar-refractivity contribution in [2.75, 3.05) is 0 Å². The van der Waals surface area contributed by atoms with Crippen LogP contribution in [0.5, 0.6) is 5.75 Å². The van der Waals surface area contributed by atoms with Gasteiger partial charge in [0.1, 0.15) is 28.8 Å². The van der Waals surface area contributed by atoms with Crippen molar-refractivity contribution in [3.05, 3.63) is 92.1 Å².